The molecule has 10 aromatic carbocycles. The average molecular weight is 879 g/mol. The molecule has 14 rings (SSSR count). The Morgan fingerprint density at radius 2 is 0.734 bits per heavy atom. The Labute approximate surface area is 374 Å². The number of para-hydroxylation sites is 4. The molecule has 0 amide bonds. The van der Waals surface area contributed by atoms with Crippen LogP contribution in [0.2, 0.25) is 0 Å². The first-order valence-corrected chi connectivity index (χ1v) is 23.6. The fraction of sp³-hybridized carbons (Fsp3) is 0. The first-order valence-electron chi connectivity index (χ1n) is 21.9. The van der Waals surface area contributed by atoms with Crippen molar-refractivity contribution in [3.05, 3.63) is 224 Å². The Hall–Kier alpha value is -7.88. The second-order valence-corrected chi connectivity index (χ2v) is 19.1. The molecule has 64 heavy (non-hydrogen) atoms. The molecule has 0 saturated heterocycles. The van der Waals surface area contributed by atoms with Gasteiger partial charge in [0.15, 0.2) is 0 Å². The summed E-state index contributed by atoms with van der Waals surface area (Å²) in [7, 11) is 0. The topological polar surface area (TPSA) is 14.8 Å². The van der Waals surface area contributed by atoms with Gasteiger partial charge in [0.2, 0.25) is 0 Å². The molecule has 0 unspecified atom stereocenters. The molecule has 4 heterocycles. The quantitative estimate of drug-likeness (QED) is 0.153. The Kier molecular flexibility index (Phi) is 7.70. The van der Waals surface area contributed by atoms with E-state index in [2.05, 4.69) is 238 Å². The fourth-order valence-corrected chi connectivity index (χ4v) is 13.0. The van der Waals surface area contributed by atoms with Crippen molar-refractivity contribution >= 4 is 99.2 Å². The molecule has 0 fully saturated rings. The maximum atomic E-state index is 2.52. The van der Waals surface area contributed by atoms with Crippen LogP contribution >= 0.6 is 0 Å². The van der Waals surface area contributed by atoms with Gasteiger partial charge in [-0.15, -0.1) is 0 Å². The predicted molar refractivity (Wildman–Crippen MR) is 272 cm³/mol. The Balaban J connectivity index is 0.962. The van der Waals surface area contributed by atoms with Crippen molar-refractivity contribution in [2.75, 3.05) is 0 Å². The molecular formula is C60H37N3Se. The maximum absolute atomic E-state index is 2.52. The molecule has 0 aliphatic rings. The number of hydrogen-bond donors (Lipinski definition) is 0. The molecule has 0 N–H and O–H groups in total. The van der Waals surface area contributed by atoms with Crippen LogP contribution in [-0.2, 0) is 0 Å². The van der Waals surface area contributed by atoms with Gasteiger partial charge in [-0.25, -0.2) is 0 Å². The molecule has 0 aliphatic carbocycles. The number of hydrogen-bond acceptors (Lipinski definition) is 0. The summed E-state index contributed by atoms with van der Waals surface area (Å²) in [5.41, 5.74) is 15.8. The van der Waals surface area contributed by atoms with Crippen LogP contribution in [0, 0.1) is 0 Å². The van der Waals surface area contributed by atoms with Crippen LogP contribution in [0.5, 0.6) is 0 Å². The number of aromatic nitrogens is 3. The summed E-state index contributed by atoms with van der Waals surface area (Å²) < 4.78 is 10.3. The number of benzene rings is 10. The zero-order valence-electron chi connectivity index (χ0n) is 34.6. The number of fused-ring (bicyclic) bond motifs is 12. The summed E-state index contributed by atoms with van der Waals surface area (Å²) in [6.45, 7) is 0. The van der Waals surface area contributed by atoms with Gasteiger partial charge in [-0.2, -0.15) is 0 Å². The average Bonchev–Trinajstić information content (AvgIpc) is 4.10. The summed E-state index contributed by atoms with van der Waals surface area (Å²) in [5.74, 6) is 0. The van der Waals surface area contributed by atoms with Crippen LogP contribution in [-0.4, -0.2) is 28.2 Å². The van der Waals surface area contributed by atoms with Crippen LogP contribution in [0.3, 0.4) is 0 Å². The summed E-state index contributed by atoms with van der Waals surface area (Å²) in [4.78, 5) is 0. The molecule has 0 aliphatic heterocycles. The predicted octanol–water partition coefficient (Wildman–Crippen LogP) is 15.7. The van der Waals surface area contributed by atoms with Crippen LogP contribution in [0.4, 0.5) is 0 Å². The van der Waals surface area contributed by atoms with Gasteiger partial charge in [0.1, 0.15) is 0 Å². The second kappa shape index (κ2) is 13.8. The molecular weight excluding hydrogens is 842 g/mol. The van der Waals surface area contributed by atoms with Gasteiger partial charge >= 0.3 is 290 Å². The van der Waals surface area contributed by atoms with Crippen molar-refractivity contribution in [1.82, 2.24) is 13.7 Å². The van der Waals surface area contributed by atoms with Gasteiger partial charge in [0.05, 0.1) is 11.0 Å². The molecule has 4 heteroatoms. The zero-order chi connectivity index (χ0) is 41.9. The second-order valence-electron chi connectivity index (χ2n) is 16.9. The van der Waals surface area contributed by atoms with Gasteiger partial charge < -0.3 is 4.57 Å². The number of rotatable bonds is 5. The Morgan fingerprint density at radius 3 is 1.33 bits per heavy atom. The minimum absolute atomic E-state index is 0.210. The molecule has 0 bridgehead atoms. The SMILES string of the molecule is c1ccc(-c2ccccc2-c2ccc3[se]c4cccc(-n5c6ccccc6c6cc(-n7c8ccccc8c8cc(-n9c%10ccccc%10c%10ccccc%109)ccc87)ccc65)c4c3c2)cc1. The van der Waals surface area contributed by atoms with Crippen LogP contribution in [0.1, 0.15) is 0 Å². The van der Waals surface area contributed by atoms with E-state index < -0.39 is 0 Å². The van der Waals surface area contributed by atoms with E-state index in [1.807, 2.05) is 0 Å². The van der Waals surface area contributed by atoms with E-state index in [0.29, 0.717) is 0 Å². The van der Waals surface area contributed by atoms with E-state index >= 15 is 0 Å². The van der Waals surface area contributed by atoms with Gasteiger partial charge in [-0.3, -0.25) is 0 Å². The molecule has 14 aromatic rings. The third-order valence-electron chi connectivity index (χ3n) is 13.4. The van der Waals surface area contributed by atoms with Crippen molar-refractivity contribution < 1.29 is 0 Å². The fourth-order valence-electron chi connectivity index (χ4n) is 10.7. The van der Waals surface area contributed by atoms with Crippen molar-refractivity contribution in [2.24, 2.45) is 0 Å². The first-order chi connectivity index (χ1) is 31.8. The van der Waals surface area contributed by atoms with Gasteiger partial charge in [0.25, 0.3) is 0 Å². The van der Waals surface area contributed by atoms with E-state index in [0.717, 1.165) is 11.4 Å². The number of nitrogens with zero attached hydrogens (tertiary/aromatic N) is 3. The molecule has 0 atom stereocenters. The summed E-state index contributed by atoms with van der Waals surface area (Å²) >= 11 is 0.210. The van der Waals surface area contributed by atoms with E-state index in [1.54, 1.807) is 0 Å². The summed E-state index contributed by atoms with van der Waals surface area (Å²) in [6.07, 6.45) is 0. The first kappa shape index (κ1) is 35.7. The molecule has 298 valence electrons. The minimum atomic E-state index is 0.210. The van der Waals surface area contributed by atoms with Crippen molar-refractivity contribution in [2.45, 2.75) is 0 Å². The summed E-state index contributed by atoms with van der Waals surface area (Å²) in [5, 5.41) is 10.2. The molecule has 0 saturated carbocycles. The third-order valence-corrected chi connectivity index (χ3v) is 15.8. The Bertz CT molecular complexity index is 4140. The molecule has 0 radical (unpaired) electrons. The molecule has 4 aromatic heterocycles. The van der Waals surface area contributed by atoms with Crippen LogP contribution in [0.25, 0.3) is 124 Å². The van der Waals surface area contributed by atoms with Crippen LogP contribution < -0.4 is 0 Å². The standard InChI is InChI=1S/C60H37N3Se/c1-2-15-38(16-3-1)42-17-4-5-18-43(42)39-29-34-58-50(35-39)60-57(27-14-28-59(60)64-58)63-54-26-13-9-22-47(54)49-37-41(31-33-56(49)63)62-53-25-12-8-21-46(53)48-36-40(30-32-55(48)62)61-51-23-10-6-19-44(51)45-20-7-11-24-52(45)61/h1-37H. The molecule has 0 spiro atoms. The van der Waals surface area contributed by atoms with Crippen LogP contribution in [0.15, 0.2) is 224 Å². The monoisotopic (exact) mass is 879 g/mol. The van der Waals surface area contributed by atoms with Gasteiger partial charge in [-0.05, 0) is 12.1 Å². The zero-order valence-corrected chi connectivity index (χ0v) is 36.3. The normalized spacial score (nSPS) is 12.1. The third kappa shape index (κ3) is 5.15. The van der Waals surface area contributed by atoms with Crippen molar-refractivity contribution in [3.8, 4) is 39.3 Å². The van der Waals surface area contributed by atoms with Crippen molar-refractivity contribution in [3.63, 3.8) is 0 Å². The van der Waals surface area contributed by atoms with Crippen molar-refractivity contribution in [1.29, 1.82) is 0 Å². The van der Waals surface area contributed by atoms with Gasteiger partial charge in [-0.1, -0.05) is 42.5 Å². The van der Waals surface area contributed by atoms with E-state index in [-0.39, 0.29) is 14.5 Å². The van der Waals surface area contributed by atoms with E-state index in [9.17, 15) is 0 Å². The van der Waals surface area contributed by atoms with Gasteiger partial charge in [0, 0.05) is 16.5 Å². The summed E-state index contributed by atoms with van der Waals surface area (Å²) in [6, 6.07) is 83.1. The Morgan fingerprint density at radius 1 is 0.266 bits per heavy atom. The molecule has 3 nitrogen and oxygen atoms in total. The van der Waals surface area contributed by atoms with E-state index in [4.69, 9.17) is 0 Å². The van der Waals surface area contributed by atoms with E-state index in [1.165, 1.54) is 113 Å².